The molecule has 36 heavy (non-hydrogen) atoms. The average molecular weight is 480 g/mol. The zero-order chi connectivity index (χ0) is 25.4. The molecule has 8 heteroatoms. The summed E-state index contributed by atoms with van der Waals surface area (Å²) < 4.78 is 1.82. The van der Waals surface area contributed by atoms with Crippen LogP contribution < -0.4 is 11.1 Å². The molecular weight excluding hydrogens is 454 g/mol. The van der Waals surface area contributed by atoms with Gasteiger partial charge in [-0.2, -0.15) is 5.10 Å². The number of carbonyl (C=O) groups is 2. The number of para-hydroxylation sites is 1. The van der Waals surface area contributed by atoms with Crippen molar-refractivity contribution in [2.24, 2.45) is 0 Å². The van der Waals surface area contributed by atoms with Crippen LogP contribution in [0.15, 0.2) is 72.9 Å². The number of hydrogen-bond donors (Lipinski definition) is 3. The second-order valence-electron chi connectivity index (χ2n) is 8.93. The molecule has 2 heterocycles. The van der Waals surface area contributed by atoms with Gasteiger partial charge >= 0.3 is 5.97 Å². The van der Waals surface area contributed by atoms with E-state index < -0.39 is 11.9 Å². The molecule has 0 aliphatic heterocycles. The normalized spacial score (nSPS) is 11.3. The zero-order valence-electron chi connectivity index (χ0n) is 19.9. The number of amides is 1. The van der Waals surface area contributed by atoms with E-state index in [-0.39, 0.29) is 18.2 Å². The van der Waals surface area contributed by atoms with Gasteiger partial charge in [-0.15, -0.1) is 0 Å². The Morgan fingerprint density at radius 1 is 1.00 bits per heavy atom. The Bertz CT molecular complexity index is 1640. The molecule has 0 radical (unpaired) electrons. The summed E-state index contributed by atoms with van der Waals surface area (Å²) >= 11 is 0. The lowest BCUT2D eigenvalue weighted by Gasteiger charge is -2.09. The number of carbonyl (C=O) groups excluding carboxylic acids is 1. The Morgan fingerprint density at radius 3 is 2.47 bits per heavy atom. The zero-order valence-corrected chi connectivity index (χ0v) is 19.9. The van der Waals surface area contributed by atoms with Gasteiger partial charge < -0.3 is 16.2 Å². The Kier molecular flexibility index (Phi) is 5.85. The van der Waals surface area contributed by atoms with Gasteiger partial charge in [0.05, 0.1) is 11.9 Å². The van der Waals surface area contributed by atoms with Crippen LogP contribution in [-0.4, -0.2) is 31.7 Å². The summed E-state index contributed by atoms with van der Waals surface area (Å²) in [5.74, 6) is -0.911. The van der Waals surface area contributed by atoms with Gasteiger partial charge in [0.2, 0.25) is 0 Å². The summed E-state index contributed by atoms with van der Waals surface area (Å²) in [5, 5.41) is 19.3. The first-order valence-electron chi connectivity index (χ1n) is 11.6. The van der Waals surface area contributed by atoms with Gasteiger partial charge in [0.15, 0.2) is 5.69 Å². The van der Waals surface area contributed by atoms with Gasteiger partial charge in [0, 0.05) is 28.7 Å². The molecule has 0 aliphatic rings. The Labute approximate surface area is 207 Å². The largest absolute Gasteiger partial charge is 0.481 e. The van der Waals surface area contributed by atoms with Crippen molar-refractivity contribution in [1.82, 2.24) is 14.8 Å². The number of carboxylic acids is 1. The number of aliphatic carboxylic acids is 1. The van der Waals surface area contributed by atoms with Crippen LogP contribution in [0.25, 0.3) is 32.8 Å². The predicted octanol–water partition coefficient (Wildman–Crippen LogP) is 5.29. The molecule has 0 atom stereocenters. The number of nitrogens with two attached hydrogens (primary N) is 1. The van der Waals surface area contributed by atoms with E-state index in [4.69, 9.17) is 5.73 Å². The van der Waals surface area contributed by atoms with E-state index in [9.17, 15) is 14.7 Å². The second-order valence-corrected chi connectivity index (χ2v) is 8.93. The molecule has 5 rings (SSSR count). The molecule has 8 nitrogen and oxygen atoms in total. The number of rotatable bonds is 6. The van der Waals surface area contributed by atoms with Crippen LogP contribution >= 0.6 is 0 Å². The minimum absolute atomic E-state index is 0.0331. The van der Waals surface area contributed by atoms with E-state index in [2.05, 4.69) is 15.4 Å². The maximum atomic E-state index is 13.4. The van der Waals surface area contributed by atoms with E-state index in [1.807, 2.05) is 61.0 Å². The average Bonchev–Trinajstić information content (AvgIpc) is 3.24. The Morgan fingerprint density at radius 2 is 1.72 bits per heavy atom. The van der Waals surface area contributed by atoms with Crippen molar-refractivity contribution < 1.29 is 14.7 Å². The fraction of sp³-hybridized carbons (Fsp3) is 0.143. The third-order valence-electron chi connectivity index (χ3n) is 6.15. The van der Waals surface area contributed by atoms with Crippen LogP contribution in [-0.2, 0) is 11.2 Å². The minimum atomic E-state index is -0.970. The van der Waals surface area contributed by atoms with Crippen LogP contribution in [0.2, 0.25) is 0 Å². The van der Waals surface area contributed by atoms with Crippen LogP contribution in [0.3, 0.4) is 0 Å². The van der Waals surface area contributed by atoms with Gasteiger partial charge in [0.25, 0.3) is 5.91 Å². The SMILES string of the molecule is CC(C)n1nc(C(=O)Nc2ccccc2CC(=O)O)c2cc(-c3ccc4ccnc(N)c4c3)ccc21. The lowest BCUT2D eigenvalue weighted by atomic mass is 10.00. The van der Waals surface area contributed by atoms with Crippen molar-refractivity contribution in [3.63, 3.8) is 0 Å². The van der Waals surface area contributed by atoms with Crippen molar-refractivity contribution in [2.45, 2.75) is 26.3 Å². The minimum Gasteiger partial charge on any atom is -0.481 e. The number of aromatic nitrogens is 3. The molecule has 0 unspecified atom stereocenters. The lowest BCUT2D eigenvalue weighted by molar-refractivity contribution is -0.136. The summed E-state index contributed by atoms with van der Waals surface area (Å²) in [5.41, 5.74) is 10.0. The van der Waals surface area contributed by atoms with Crippen LogP contribution in [0, 0.1) is 0 Å². The van der Waals surface area contributed by atoms with Gasteiger partial charge in [-0.25, -0.2) is 4.98 Å². The van der Waals surface area contributed by atoms with E-state index in [0.29, 0.717) is 22.5 Å². The summed E-state index contributed by atoms with van der Waals surface area (Å²) in [4.78, 5) is 28.9. The highest BCUT2D eigenvalue weighted by Crippen LogP contribution is 2.31. The maximum Gasteiger partial charge on any atom is 0.307 e. The molecule has 0 saturated carbocycles. The number of pyridine rings is 1. The fourth-order valence-electron chi connectivity index (χ4n) is 4.39. The number of anilines is 2. The highest BCUT2D eigenvalue weighted by molar-refractivity contribution is 6.12. The van der Waals surface area contributed by atoms with Gasteiger partial charge in [-0.05, 0) is 66.3 Å². The van der Waals surface area contributed by atoms with Gasteiger partial charge in [-0.1, -0.05) is 36.4 Å². The van der Waals surface area contributed by atoms with Crippen molar-refractivity contribution >= 4 is 45.1 Å². The Hall–Kier alpha value is -4.72. The molecule has 0 saturated heterocycles. The van der Waals surface area contributed by atoms with Crippen LogP contribution in [0.4, 0.5) is 11.5 Å². The van der Waals surface area contributed by atoms with E-state index in [1.165, 1.54) is 0 Å². The molecule has 5 aromatic rings. The number of carboxylic acid groups (broad SMARTS) is 1. The van der Waals surface area contributed by atoms with Crippen molar-refractivity contribution in [3.8, 4) is 11.1 Å². The smallest absolute Gasteiger partial charge is 0.307 e. The van der Waals surface area contributed by atoms with Crippen molar-refractivity contribution in [3.05, 3.63) is 84.2 Å². The maximum absolute atomic E-state index is 13.4. The monoisotopic (exact) mass is 479 g/mol. The molecule has 2 aromatic heterocycles. The van der Waals surface area contributed by atoms with Gasteiger partial charge in [0.1, 0.15) is 5.82 Å². The highest BCUT2D eigenvalue weighted by Gasteiger charge is 2.21. The van der Waals surface area contributed by atoms with Gasteiger partial charge in [-0.3, -0.25) is 14.3 Å². The molecule has 0 aliphatic carbocycles. The first-order chi connectivity index (χ1) is 17.3. The number of nitrogens with one attached hydrogen (secondary N) is 1. The third-order valence-corrected chi connectivity index (χ3v) is 6.15. The molecule has 1 amide bonds. The van der Waals surface area contributed by atoms with E-state index >= 15 is 0 Å². The second kappa shape index (κ2) is 9.14. The topological polar surface area (TPSA) is 123 Å². The standard InChI is InChI=1S/C28H25N5O3/c1-16(2)33-24-10-9-19(18-8-7-17-11-12-30-27(29)21(17)13-18)14-22(24)26(32-33)28(36)31-23-6-4-3-5-20(23)15-25(34)35/h3-14,16H,15H2,1-2H3,(H2,29,30)(H,31,36)(H,34,35). The number of nitrogens with zero attached hydrogens (tertiary/aromatic N) is 3. The molecule has 0 spiro atoms. The van der Waals surface area contributed by atoms with Crippen molar-refractivity contribution in [2.75, 3.05) is 11.1 Å². The fourth-order valence-corrected chi connectivity index (χ4v) is 4.39. The first-order valence-corrected chi connectivity index (χ1v) is 11.6. The molecule has 180 valence electrons. The highest BCUT2D eigenvalue weighted by atomic mass is 16.4. The first kappa shape index (κ1) is 23.0. The third kappa shape index (κ3) is 4.24. The number of nitrogen functional groups attached to an aromatic ring is 1. The quantitative estimate of drug-likeness (QED) is 0.304. The van der Waals surface area contributed by atoms with Crippen LogP contribution in [0.5, 0.6) is 0 Å². The molecular formula is C28H25N5O3. The molecule has 3 aromatic carbocycles. The van der Waals surface area contributed by atoms with E-state index in [0.717, 1.165) is 27.4 Å². The van der Waals surface area contributed by atoms with Crippen molar-refractivity contribution in [1.29, 1.82) is 0 Å². The number of benzene rings is 3. The predicted molar refractivity (Wildman–Crippen MR) is 141 cm³/mol. The Balaban J connectivity index is 1.59. The number of hydrogen-bond acceptors (Lipinski definition) is 5. The number of fused-ring (bicyclic) bond motifs is 2. The van der Waals surface area contributed by atoms with Crippen LogP contribution in [0.1, 0.15) is 35.9 Å². The molecule has 0 fully saturated rings. The molecule has 0 bridgehead atoms. The summed E-state index contributed by atoms with van der Waals surface area (Å²) in [6.45, 7) is 4.01. The van der Waals surface area contributed by atoms with E-state index in [1.54, 1.807) is 30.5 Å². The lowest BCUT2D eigenvalue weighted by Crippen LogP contribution is -2.16. The summed E-state index contributed by atoms with van der Waals surface area (Å²) in [7, 11) is 0. The summed E-state index contributed by atoms with van der Waals surface area (Å²) in [6.07, 6.45) is 1.49. The molecule has 4 N–H and O–H groups in total. The summed E-state index contributed by atoms with van der Waals surface area (Å²) in [6, 6.07) is 20.7.